The number of nitrogens with one attached hydrogen (secondary N) is 1. The van der Waals surface area contributed by atoms with E-state index in [4.69, 9.17) is 4.74 Å². The summed E-state index contributed by atoms with van der Waals surface area (Å²) < 4.78 is 5.53. The van der Waals surface area contributed by atoms with Crippen molar-refractivity contribution in [3.8, 4) is 5.75 Å². The summed E-state index contributed by atoms with van der Waals surface area (Å²) in [6, 6.07) is 12.3. The van der Waals surface area contributed by atoms with E-state index in [0.717, 1.165) is 5.56 Å². The number of rotatable bonds is 8. The van der Waals surface area contributed by atoms with Crippen LogP contribution in [0.3, 0.4) is 0 Å². The van der Waals surface area contributed by atoms with E-state index in [1.807, 2.05) is 26.0 Å². The molecule has 7 nitrogen and oxygen atoms in total. The largest absolute Gasteiger partial charge is 0.484 e. The molecule has 0 aliphatic rings. The molecular weight excluding hydrogens is 344 g/mol. The molecule has 2 amide bonds. The molecule has 7 heteroatoms. The molecule has 0 atom stereocenters. The number of aromatic nitrogens is 1. The molecule has 1 aromatic carbocycles. The highest BCUT2D eigenvalue weighted by molar-refractivity contribution is 6.00. The van der Waals surface area contributed by atoms with Gasteiger partial charge >= 0.3 is 0 Å². The maximum atomic E-state index is 12.0. The van der Waals surface area contributed by atoms with Gasteiger partial charge in [-0.05, 0) is 62.7 Å². The van der Waals surface area contributed by atoms with Gasteiger partial charge in [0.05, 0.1) is 5.71 Å². The summed E-state index contributed by atoms with van der Waals surface area (Å²) in [5, 5.41) is 4.10. The first-order chi connectivity index (χ1) is 13.0. The zero-order chi connectivity index (χ0) is 19.6. The first kappa shape index (κ1) is 20.1. The Labute approximate surface area is 159 Å². The first-order valence-electron chi connectivity index (χ1n) is 8.81. The number of hydrazone groups is 1. The van der Waals surface area contributed by atoms with Crippen molar-refractivity contribution < 1.29 is 14.3 Å². The van der Waals surface area contributed by atoms with Crippen molar-refractivity contribution in [2.75, 3.05) is 19.7 Å². The lowest BCUT2D eigenvalue weighted by Gasteiger charge is -2.18. The van der Waals surface area contributed by atoms with Crippen LogP contribution in [0.2, 0.25) is 0 Å². The molecule has 1 heterocycles. The molecule has 0 spiro atoms. The molecule has 2 aromatic rings. The van der Waals surface area contributed by atoms with E-state index >= 15 is 0 Å². The summed E-state index contributed by atoms with van der Waals surface area (Å²) in [5.41, 5.74) is 4.26. The fourth-order valence-corrected chi connectivity index (χ4v) is 2.36. The lowest BCUT2D eigenvalue weighted by molar-refractivity contribution is -0.132. The molecular formula is C20H24N4O3. The second kappa shape index (κ2) is 10.1. The zero-order valence-corrected chi connectivity index (χ0v) is 15.8. The number of pyridine rings is 1. The average Bonchev–Trinajstić information content (AvgIpc) is 2.72. The molecule has 0 aliphatic carbocycles. The maximum absolute atomic E-state index is 12.0. The minimum absolute atomic E-state index is 0.00817. The summed E-state index contributed by atoms with van der Waals surface area (Å²) in [6.07, 6.45) is 1.55. The van der Waals surface area contributed by atoms with Crippen molar-refractivity contribution in [3.63, 3.8) is 0 Å². The molecule has 0 unspecified atom stereocenters. The number of hydrogen-bond acceptors (Lipinski definition) is 5. The molecule has 0 aliphatic heterocycles. The van der Waals surface area contributed by atoms with Crippen molar-refractivity contribution in [2.24, 2.45) is 5.10 Å². The lowest BCUT2D eigenvalue weighted by atomic mass is 10.1. The number of likely N-dealkylation sites (N-methyl/N-ethyl adjacent to an activating group) is 1. The van der Waals surface area contributed by atoms with Crippen molar-refractivity contribution in [1.29, 1.82) is 0 Å². The van der Waals surface area contributed by atoms with E-state index in [9.17, 15) is 9.59 Å². The molecule has 27 heavy (non-hydrogen) atoms. The topological polar surface area (TPSA) is 83.9 Å². The quantitative estimate of drug-likeness (QED) is 0.573. The number of amides is 2. The summed E-state index contributed by atoms with van der Waals surface area (Å²) in [5.74, 6) is 0.188. The Hall–Kier alpha value is -3.22. The molecule has 0 saturated heterocycles. The second-order valence-corrected chi connectivity index (χ2v) is 5.73. The van der Waals surface area contributed by atoms with Gasteiger partial charge in [-0.3, -0.25) is 14.6 Å². The third-order valence-electron chi connectivity index (χ3n) is 3.97. The van der Waals surface area contributed by atoms with Crippen LogP contribution in [0.1, 0.15) is 36.8 Å². The zero-order valence-electron chi connectivity index (χ0n) is 15.8. The third-order valence-corrected chi connectivity index (χ3v) is 3.97. The van der Waals surface area contributed by atoms with Gasteiger partial charge in [-0.25, -0.2) is 5.43 Å². The van der Waals surface area contributed by atoms with Crippen molar-refractivity contribution >= 4 is 17.5 Å². The molecule has 1 aromatic heterocycles. The van der Waals surface area contributed by atoms with Crippen LogP contribution in [-0.4, -0.2) is 47.1 Å². The SMILES string of the molecule is CCN(CC)C(=O)COc1ccc(/C(C)=N\NC(=O)c2ccccn2)cc1. The van der Waals surface area contributed by atoms with Crippen LogP contribution >= 0.6 is 0 Å². The number of nitrogens with zero attached hydrogens (tertiary/aromatic N) is 3. The highest BCUT2D eigenvalue weighted by Gasteiger charge is 2.10. The molecule has 2 rings (SSSR count). The van der Waals surface area contributed by atoms with Gasteiger partial charge in [0.15, 0.2) is 6.61 Å². The molecule has 0 radical (unpaired) electrons. The minimum atomic E-state index is -0.371. The Morgan fingerprint density at radius 3 is 2.41 bits per heavy atom. The summed E-state index contributed by atoms with van der Waals surface area (Å²) >= 11 is 0. The maximum Gasteiger partial charge on any atom is 0.289 e. The monoisotopic (exact) mass is 368 g/mol. The molecule has 0 saturated carbocycles. The van der Waals surface area contributed by atoms with E-state index in [-0.39, 0.29) is 18.4 Å². The van der Waals surface area contributed by atoms with Crippen LogP contribution in [0.15, 0.2) is 53.8 Å². The molecule has 142 valence electrons. The van der Waals surface area contributed by atoms with Gasteiger partial charge in [0.2, 0.25) is 0 Å². The van der Waals surface area contributed by atoms with Gasteiger partial charge in [0.25, 0.3) is 11.8 Å². The smallest absolute Gasteiger partial charge is 0.289 e. The van der Waals surface area contributed by atoms with Crippen LogP contribution in [0, 0.1) is 0 Å². The number of hydrogen-bond donors (Lipinski definition) is 1. The third kappa shape index (κ3) is 5.91. The Morgan fingerprint density at radius 1 is 1.11 bits per heavy atom. The Kier molecular flexibility index (Phi) is 7.49. The van der Waals surface area contributed by atoms with E-state index in [2.05, 4.69) is 15.5 Å². The van der Waals surface area contributed by atoms with Crippen LogP contribution < -0.4 is 10.2 Å². The molecule has 0 fully saturated rings. The summed E-state index contributed by atoms with van der Waals surface area (Å²) in [7, 11) is 0. The summed E-state index contributed by atoms with van der Waals surface area (Å²) in [4.78, 5) is 29.6. The van der Waals surface area contributed by atoms with E-state index in [1.54, 1.807) is 48.4 Å². The number of benzene rings is 1. The standard InChI is InChI=1S/C20H24N4O3/c1-4-24(5-2)19(25)14-27-17-11-9-16(10-12-17)15(3)22-23-20(26)18-8-6-7-13-21-18/h6-13H,4-5,14H2,1-3H3,(H,23,26)/b22-15-. The van der Waals surface area contributed by atoms with Gasteiger partial charge in [-0.15, -0.1) is 0 Å². The Balaban J connectivity index is 1.92. The van der Waals surface area contributed by atoms with Crippen LogP contribution in [0.5, 0.6) is 5.75 Å². The predicted molar refractivity (Wildman–Crippen MR) is 104 cm³/mol. The normalized spacial score (nSPS) is 11.0. The van der Waals surface area contributed by atoms with Gasteiger partial charge in [0, 0.05) is 19.3 Å². The average molecular weight is 368 g/mol. The number of ether oxygens (including phenoxy) is 1. The first-order valence-corrected chi connectivity index (χ1v) is 8.81. The highest BCUT2D eigenvalue weighted by atomic mass is 16.5. The predicted octanol–water partition coefficient (Wildman–Crippen LogP) is 2.48. The van der Waals surface area contributed by atoms with E-state index in [1.165, 1.54) is 0 Å². The van der Waals surface area contributed by atoms with Crippen molar-refractivity contribution in [2.45, 2.75) is 20.8 Å². The van der Waals surface area contributed by atoms with Crippen LogP contribution in [0.25, 0.3) is 0 Å². The van der Waals surface area contributed by atoms with Gasteiger partial charge < -0.3 is 9.64 Å². The van der Waals surface area contributed by atoms with Crippen LogP contribution in [0.4, 0.5) is 0 Å². The Bertz CT molecular complexity index is 785. The molecule has 1 N–H and O–H groups in total. The van der Waals surface area contributed by atoms with Gasteiger partial charge in [-0.2, -0.15) is 5.10 Å². The number of carbonyl (C=O) groups excluding carboxylic acids is 2. The summed E-state index contributed by atoms with van der Waals surface area (Å²) in [6.45, 7) is 7.00. The number of carbonyl (C=O) groups is 2. The van der Waals surface area contributed by atoms with Gasteiger partial charge in [0.1, 0.15) is 11.4 Å². The highest BCUT2D eigenvalue weighted by Crippen LogP contribution is 2.13. The fraction of sp³-hybridized carbons (Fsp3) is 0.300. The Morgan fingerprint density at radius 2 is 1.81 bits per heavy atom. The van der Waals surface area contributed by atoms with E-state index in [0.29, 0.717) is 30.2 Å². The molecule has 0 bridgehead atoms. The van der Waals surface area contributed by atoms with Gasteiger partial charge in [-0.1, -0.05) is 6.07 Å². The minimum Gasteiger partial charge on any atom is -0.484 e. The second-order valence-electron chi connectivity index (χ2n) is 5.73. The fourth-order valence-electron chi connectivity index (χ4n) is 2.36. The lowest BCUT2D eigenvalue weighted by Crippen LogP contribution is -2.34. The van der Waals surface area contributed by atoms with Crippen molar-refractivity contribution in [1.82, 2.24) is 15.3 Å². The van der Waals surface area contributed by atoms with Crippen molar-refractivity contribution in [3.05, 3.63) is 59.9 Å². The van der Waals surface area contributed by atoms with E-state index < -0.39 is 0 Å². The van der Waals surface area contributed by atoms with Crippen LogP contribution in [-0.2, 0) is 4.79 Å².